The highest BCUT2D eigenvalue weighted by atomic mass is 16.5. The first-order valence-corrected chi connectivity index (χ1v) is 9.11. The molecule has 23 heavy (non-hydrogen) atoms. The molecule has 2 atom stereocenters. The van der Waals surface area contributed by atoms with Crippen LogP contribution in [0.4, 0.5) is 0 Å². The Morgan fingerprint density at radius 2 is 2.00 bits per heavy atom. The van der Waals surface area contributed by atoms with Gasteiger partial charge in [-0.05, 0) is 44.6 Å². The van der Waals surface area contributed by atoms with Gasteiger partial charge in [-0.3, -0.25) is 14.5 Å². The number of piperidine rings is 2. The van der Waals surface area contributed by atoms with Crippen LogP contribution in [0.2, 0.25) is 0 Å². The number of morpholine rings is 1. The lowest BCUT2D eigenvalue weighted by molar-refractivity contribution is -0.149. The van der Waals surface area contributed by atoms with Gasteiger partial charge in [0, 0.05) is 31.7 Å². The second-order valence-electron chi connectivity index (χ2n) is 7.43. The zero-order valence-corrected chi connectivity index (χ0v) is 13.8. The third-order valence-electron chi connectivity index (χ3n) is 5.89. The zero-order chi connectivity index (χ0) is 15.8. The summed E-state index contributed by atoms with van der Waals surface area (Å²) in [6.07, 6.45) is 6.34. The fraction of sp³-hybridized carbons (Fsp3) is 0.882. The summed E-state index contributed by atoms with van der Waals surface area (Å²) in [4.78, 5) is 30.8. The second kappa shape index (κ2) is 6.40. The maximum absolute atomic E-state index is 12.6. The van der Waals surface area contributed by atoms with Gasteiger partial charge in [0.1, 0.15) is 6.61 Å². The molecule has 4 aliphatic rings. The zero-order valence-electron chi connectivity index (χ0n) is 13.8. The molecule has 3 aliphatic heterocycles. The number of amides is 2. The number of ether oxygens (including phenoxy) is 1. The summed E-state index contributed by atoms with van der Waals surface area (Å²) < 4.78 is 5.13. The van der Waals surface area contributed by atoms with Crippen molar-refractivity contribution in [2.45, 2.75) is 44.2 Å². The van der Waals surface area contributed by atoms with Gasteiger partial charge in [-0.15, -0.1) is 0 Å². The maximum atomic E-state index is 12.6. The first-order chi connectivity index (χ1) is 11.2. The van der Waals surface area contributed by atoms with E-state index in [9.17, 15) is 9.59 Å². The third kappa shape index (κ3) is 3.24. The molecule has 2 amide bonds. The highest BCUT2D eigenvalue weighted by molar-refractivity contribution is 5.85. The summed E-state index contributed by atoms with van der Waals surface area (Å²) >= 11 is 0. The lowest BCUT2D eigenvalue weighted by Crippen LogP contribution is -2.57. The van der Waals surface area contributed by atoms with E-state index in [0.717, 1.165) is 25.6 Å². The molecule has 0 aromatic heterocycles. The van der Waals surface area contributed by atoms with E-state index in [-0.39, 0.29) is 25.0 Å². The van der Waals surface area contributed by atoms with Crippen molar-refractivity contribution in [3.63, 3.8) is 0 Å². The van der Waals surface area contributed by atoms with Crippen LogP contribution in [0.5, 0.6) is 0 Å². The Morgan fingerprint density at radius 1 is 1.13 bits per heavy atom. The molecular weight excluding hydrogens is 294 g/mol. The van der Waals surface area contributed by atoms with Crippen LogP contribution >= 0.6 is 0 Å². The van der Waals surface area contributed by atoms with Crippen molar-refractivity contribution >= 4 is 11.8 Å². The minimum absolute atomic E-state index is 0.0583. The molecule has 1 saturated carbocycles. The largest absolute Gasteiger partial charge is 0.370 e. The first kappa shape index (κ1) is 15.4. The molecule has 4 rings (SSSR count). The smallest absolute Gasteiger partial charge is 0.249 e. The lowest BCUT2D eigenvalue weighted by atomic mass is 9.83. The van der Waals surface area contributed by atoms with Gasteiger partial charge < -0.3 is 14.5 Å². The van der Waals surface area contributed by atoms with Gasteiger partial charge in [-0.1, -0.05) is 0 Å². The van der Waals surface area contributed by atoms with Crippen LogP contribution in [0.3, 0.4) is 0 Å². The van der Waals surface area contributed by atoms with Crippen LogP contribution in [-0.4, -0.2) is 84.5 Å². The molecule has 3 heterocycles. The molecule has 0 N–H and O–H groups in total. The molecule has 6 heteroatoms. The number of likely N-dealkylation sites (tertiary alicyclic amines) is 2. The van der Waals surface area contributed by atoms with Crippen LogP contribution in [0.25, 0.3) is 0 Å². The van der Waals surface area contributed by atoms with Crippen molar-refractivity contribution in [1.82, 2.24) is 14.7 Å². The summed E-state index contributed by atoms with van der Waals surface area (Å²) in [5, 5.41) is 0. The number of carbonyl (C=O) groups is 2. The van der Waals surface area contributed by atoms with E-state index in [2.05, 4.69) is 4.90 Å². The number of fused-ring (bicyclic) bond motifs is 1. The summed E-state index contributed by atoms with van der Waals surface area (Å²) in [7, 11) is 0. The summed E-state index contributed by atoms with van der Waals surface area (Å²) in [5.41, 5.74) is 0. The summed E-state index contributed by atoms with van der Waals surface area (Å²) in [6.45, 7) is 4.41. The van der Waals surface area contributed by atoms with Crippen LogP contribution in [0.1, 0.15) is 32.1 Å². The van der Waals surface area contributed by atoms with Crippen LogP contribution in [-0.2, 0) is 14.3 Å². The molecule has 4 fully saturated rings. The number of carbonyl (C=O) groups excluding carboxylic acids is 2. The second-order valence-corrected chi connectivity index (χ2v) is 7.43. The molecule has 0 aromatic rings. The van der Waals surface area contributed by atoms with Crippen molar-refractivity contribution in [3.05, 3.63) is 0 Å². The normalized spacial score (nSPS) is 32.8. The minimum atomic E-state index is -0.0583. The monoisotopic (exact) mass is 321 g/mol. The molecular formula is C17H27N3O3. The predicted molar refractivity (Wildman–Crippen MR) is 84.8 cm³/mol. The maximum Gasteiger partial charge on any atom is 0.249 e. The van der Waals surface area contributed by atoms with Crippen LogP contribution in [0.15, 0.2) is 0 Å². The van der Waals surface area contributed by atoms with E-state index < -0.39 is 0 Å². The number of nitrogens with zero attached hydrogens (tertiary/aromatic N) is 3. The molecule has 0 bridgehead atoms. The van der Waals surface area contributed by atoms with Gasteiger partial charge in [-0.25, -0.2) is 0 Å². The van der Waals surface area contributed by atoms with Gasteiger partial charge in [0.2, 0.25) is 11.8 Å². The van der Waals surface area contributed by atoms with Gasteiger partial charge in [0.15, 0.2) is 0 Å². The fourth-order valence-corrected chi connectivity index (χ4v) is 4.51. The van der Waals surface area contributed by atoms with E-state index in [1.807, 2.05) is 4.90 Å². The summed E-state index contributed by atoms with van der Waals surface area (Å²) in [5.74, 6) is 0.682. The van der Waals surface area contributed by atoms with Crippen molar-refractivity contribution in [3.8, 4) is 0 Å². The number of hydrogen-bond acceptors (Lipinski definition) is 4. The summed E-state index contributed by atoms with van der Waals surface area (Å²) in [6, 6.07) is 1.52. The van der Waals surface area contributed by atoms with E-state index in [0.29, 0.717) is 25.1 Å². The van der Waals surface area contributed by atoms with Crippen LogP contribution < -0.4 is 0 Å². The highest BCUT2D eigenvalue weighted by Crippen LogP contribution is 2.38. The van der Waals surface area contributed by atoms with E-state index in [1.165, 1.54) is 32.2 Å². The molecule has 3 saturated heterocycles. The van der Waals surface area contributed by atoms with Crippen molar-refractivity contribution < 1.29 is 14.3 Å². The van der Waals surface area contributed by atoms with Crippen molar-refractivity contribution in [2.75, 3.05) is 45.9 Å². The van der Waals surface area contributed by atoms with Gasteiger partial charge >= 0.3 is 0 Å². The van der Waals surface area contributed by atoms with Gasteiger partial charge in [-0.2, -0.15) is 0 Å². The molecule has 0 aromatic carbocycles. The molecule has 1 aliphatic carbocycles. The Balaban J connectivity index is 1.34. The standard InChI is InChI=1S/C17H27N3O3/c21-16(11-19-8-9-23-12-17(19)22)18-7-5-15-13(10-18)2-1-6-20(15)14-3-4-14/h13-15H,1-12H2/t13-,15-/m1/s1. The molecule has 6 nitrogen and oxygen atoms in total. The van der Waals surface area contributed by atoms with Crippen molar-refractivity contribution in [1.29, 1.82) is 0 Å². The third-order valence-corrected chi connectivity index (χ3v) is 5.89. The predicted octanol–water partition coefficient (Wildman–Crippen LogP) is 0.321. The quantitative estimate of drug-likeness (QED) is 0.751. The Hall–Kier alpha value is -1.14. The molecule has 0 unspecified atom stereocenters. The van der Waals surface area contributed by atoms with E-state index >= 15 is 0 Å². The average molecular weight is 321 g/mol. The average Bonchev–Trinajstić information content (AvgIpc) is 3.40. The molecule has 128 valence electrons. The lowest BCUT2D eigenvalue weighted by Gasteiger charge is -2.47. The van der Waals surface area contributed by atoms with Crippen LogP contribution in [0, 0.1) is 5.92 Å². The van der Waals surface area contributed by atoms with E-state index in [4.69, 9.17) is 4.74 Å². The Bertz CT molecular complexity index is 480. The first-order valence-electron chi connectivity index (χ1n) is 9.11. The van der Waals surface area contributed by atoms with E-state index in [1.54, 1.807) is 4.90 Å². The number of rotatable bonds is 3. The minimum Gasteiger partial charge on any atom is -0.370 e. The Morgan fingerprint density at radius 3 is 2.78 bits per heavy atom. The Labute approximate surface area is 137 Å². The highest BCUT2D eigenvalue weighted by Gasteiger charge is 2.42. The SMILES string of the molecule is O=C1COCCN1CC(=O)N1CC[C@@H]2[C@H](CCCN2C2CC2)C1. The fourth-order valence-electron chi connectivity index (χ4n) is 4.51. The van der Waals surface area contributed by atoms with Gasteiger partial charge in [0.05, 0.1) is 13.2 Å². The van der Waals surface area contributed by atoms with Crippen molar-refractivity contribution in [2.24, 2.45) is 5.92 Å². The topological polar surface area (TPSA) is 53.1 Å². The molecule has 0 radical (unpaired) electrons. The van der Waals surface area contributed by atoms with Gasteiger partial charge in [0.25, 0.3) is 0 Å². The Kier molecular flexibility index (Phi) is 4.28. The number of hydrogen-bond donors (Lipinski definition) is 0. The molecule has 0 spiro atoms.